The topological polar surface area (TPSA) is 80.5 Å². The number of carbonyl (C=O) groups excluding carboxylic acids is 2. The quantitative estimate of drug-likeness (QED) is 0.311. The lowest BCUT2D eigenvalue weighted by molar-refractivity contribution is -0.384. The third kappa shape index (κ3) is 2.57. The summed E-state index contributed by atoms with van der Waals surface area (Å²) in [5.74, 6) is -0.886. The molecule has 0 aromatic heterocycles. The fourth-order valence-electron chi connectivity index (χ4n) is 2.44. The van der Waals surface area contributed by atoms with Gasteiger partial charge in [0.15, 0.2) is 0 Å². The number of carbonyl (C=O) groups is 2. The Morgan fingerprint density at radius 2 is 1.57 bits per heavy atom. The second-order valence-corrected chi connectivity index (χ2v) is 7.85. The molecule has 0 N–H and O–H groups in total. The van der Waals surface area contributed by atoms with Crippen LogP contribution in [0.1, 0.15) is 30.0 Å². The number of amides is 2. The number of non-ortho nitro benzene ring substituents is 1. The van der Waals surface area contributed by atoms with Crippen LogP contribution in [0.5, 0.6) is 0 Å². The highest BCUT2D eigenvalue weighted by Crippen LogP contribution is 2.40. The van der Waals surface area contributed by atoms with Gasteiger partial charge in [0.2, 0.25) is 0 Å². The van der Waals surface area contributed by atoms with Gasteiger partial charge in [0.1, 0.15) is 0 Å². The van der Waals surface area contributed by atoms with Gasteiger partial charge < -0.3 is 0 Å². The van der Waals surface area contributed by atoms with E-state index in [0.29, 0.717) is 22.4 Å². The Bertz CT molecular complexity index is 816. The molecule has 116 valence electrons. The highest BCUT2D eigenvalue weighted by atomic mass is 79.9. The molecular weight excluding hydrogens is 432 g/mol. The zero-order valence-corrected chi connectivity index (χ0v) is 14.6. The lowest BCUT2D eigenvalue weighted by Gasteiger charge is -2.18. The number of rotatable bonds is 3. The number of fused-ring (bicyclic) bond motifs is 1. The molecule has 8 heteroatoms. The highest BCUT2D eigenvalue weighted by molar-refractivity contribution is 9.24. The number of nitro benzene ring substituents is 1. The van der Waals surface area contributed by atoms with E-state index >= 15 is 0 Å². The van der Waals surface area contributed by atoms with E-state index in [1.807, 2.05) is 0 Å². The molecule has 0 spiro atoms. The number of nitro groups is 1. The van der Waals surface area contributed by atoms with Gasteiger partial charge in [-0.15, -0.1) is 0 Å². The number of nitrogens with zero attached hydrogens (tertiary/aromatic N) is 2. The summed E-state index contributed by atoms with van der Waals surface area (Å²) in [6.07, 6.45) is 0. The summed E-state index contributed by atoms with van der Waals surface area (Å²) in [7, 11) is 0. The second kappa shape index (κ2) is 5.86. The molecule has 6 nitrogen and oxygen atoms in total. The van der Waals surface area contributed by atoms with Gasteiger partial charge in [-0.1, -0.05) is 44.0 Å². The van der Waals surface area contributed by atoms with E-state index in [0.717, 1.165) is 4.90 Å². The first-order chi connectivity index (χ1) is 10.9. The zero-order chi connectivity index (χ0) is 16.7. The molecule has 0 aliphatic carbocycles. The van der Waals surface area contributed by atoms with Gasteiger partial charge in [-0.3, -0.25) is 19.7 Å². The van der Waals surface area contributed by atoms with Crippen LogP contribution in [0, 0.1) is 10.1 Å². The van der Waals surface area contributed by atoms with Crippen LogP contribution in [0.25, 0.3) is 0 Å². The summed E-state index contributed by atoms with van der Waals surface area (Å²) in [6, 6.07) is 10.5. The smallest absolute Gasteiger partial charge is 0.268 e. The van der Waals surface area contributed by atoms with Crippen molar-refractivity contribution in [3.05, 3.63) is 69.3 Å². The Labute approximate surface area is 147 Å². The molecule has 1 aliphatic heterocycles. The Morgan fingerprint density at radius 1 is 1.00 bits per heavy atom. The standard InChI is InChI=1S/C15H8Br2N2O4/c16-13(17)11-7-8(19(22)23)5-6-12(11)18-14(20)9-3-1-2-4-10(9)15(18)21/h1-7,13H. The summed E-state index contributed by atoms with van der Waals surface area (Å²) in [5, 5.41) is 10.9. The molecule has 1 heterocycles. The number of imide groups is 1. The van der Waals surface area contributed by atoms with E-state index in [9.17, 15) is 19.7 Å². The van der Waals surface area contributed by atoms with E-state index < -0.39 is 20.5 Å². The maximum atomic E-state index is 12.5. The molecule has 2 amide bonds. The number of hydrogen-bond acceptors (Lipinski definition) is 4. The summed E-state index contributed by atoms with van der Waals surface area (Å²) < 4.78 is -0.450. The van der Waals surface area contributed by atoms with Crippen molar-refractivity contribution in [2.24, 2.45) is 0 Å². The largest absolute Gasteiger partial charge is 0.269 e. The van der Waals surface area contributed by atoms with Crippen molar-refractivity contribution in [2.75, 3.05) is 4.90 Å². The first kappa shape index (κ1) is 15.8. The third-order valence-corrected chi connectivity index (χ3v) is 4.48. The van der Waals surface area contributed by atoms with Crippen LogP contribution in [-0.4, -0.2) is 16.7 Å². The molecule has 23 heavy (non-hydrogen) atoms. The van der Waals surface area contributed by atoms with Gasteiger partial charge in [-0.25, -0.2) is 4.90 Å². The Morgan fingerprint density at radius 3 is 2.04 bits per heavy atom. The second-order valence-electron chi connectivity index (χ2n) is 4.79. The fourth-order valence-corrected chi connectivity index (χ4v) is 3.18. The zero-order valence-electron chi connectivity index (χ0n) is 11.4. The van der Waals surface area contributed by atoms with E-state index in [-0.39, 0.29) is 5.69 Å². The minimum atomic E-state index is -0.530. The molecule has 0 saturated heterocycles. The summed E-state index contributed by atoms with van der Waals surface area (Å²) in [5.41, 5.74) is 1.25. The molecule has 0 radical (unpaired) electrons. The van der Waals surface area contributed by atoms with Gasteiger partial charge in [0.05, 0.1) is 25.5 Å². The van der Waals surface area contributed by atoms with Gasteiger partial charge >= 0.3 is 0 Å². The van der Waals surface area contributed by atoms with Crippen LogP contribution in [0.3, 0.4) is 0 Å². The maximum Gasteiger partial charge on any atom is 0.269 e. The molecule has 0 saturated carbocycles. The number of halogens is 2. The molecule has 1 aliphatic rings. The molecular formula is C15H8Br2N2O4. The lowest BCUT2D eigenvalue weighted by Crippen LogP contribution is -2.30. The average Bonchev–Trinajstić information content (AvgIpc) is 2.78. The van der Waals surface area contributed by atoms with Gasteiger partial charge in [-0.2, -0.15) is 0 Å². The Kier molecular flexibility index (Phi) is 4.03. The maximum absolute atomic E-state index is 12.5. The first-order valence-electron chi connectivity index (χ1n) is 6.46. The van der Waals surface area contributed by atoms with E-state index in [2.05, 4.69) is 31.9 Å². The Hall–Kier alpha value is -2.06. The van der Waals surface area contributed by atoms with Crippen LogP contribution < -0.4 is 4.90 Å². The summed E-state index contributed by atoms with van der Waals surface area (Å²) >= 11 is 6.57. The summed E-state index contributed by atoms with van der Waals surface area (Å²) in [6.45, 7) is 0. The molecule has 0 bridgehead atoms. The molecule has 2 aromatic carbocycles. The third-order valence-electron chi connectivity index (χ3n) is 3.49. The van der Waals surface area contributed by atoms with Crippen molar-refractivity contribution in [3.63, 3.8) is 0 Å². The van der Waals surface area contributed by atoms with Crippen molar-refractivity contribution >= 4 is 55.0 Å². The van der Waals surface area contributed by atoms with Gasteiger partial charge in [0, 0.05) is 17.7 Å². The number of anilines is 1. The predicted octanol–water partition coefficient (Wildman–Crippen LogP) is 4.18. The minimum Gasteiger partial charge on any atom is -0.268 e. The van der Waals surface area contributed by atoms with E-state index in [1.54, 1.807) is 24.3 Å². The Balaban J connectivity index is 2.15. The van der Waals surface area contributed by atoms with E-state index in [4.69, 9.17) is 0 Å². The van der Waals surface area contributed by atoms with Gasteiger partial charge in [0.25, 0.3) is 17.5 Å². The van der Waals surface area contributed by atoms with Crippen LogP contribution in [0.15, 0.2) is 42.5 Å². The van der Waals surface area contributed by atoms with Crippen molar-refractivity contribution in [2.45, 2.75) is 3.74 Å². The number of alkyl halides is 2. The number of hydrogen-bond donors (Lipinski definition) is 0. The SMILES string of the molecule is O=C1c2ccccc2C(=O)N1c1ccc([N+](=O)[O-])cc1C(Br)Br. The molecule has 0 unspecified atom stereocenters. The van der Waals surface area contributed by atoms with Crippen LogP contribution >= 0.6 is 31.9 Å². The molecule has 3 rings (SSSR count). The summed E-state index contributed by atoms with van der Waals surface area (Å²) in [4.78, 5) is 36.5. The molecule has 0 atom stereocenters. The van der Waals surface area contributed by atoms with Crippen LogP contribution in [0.2, 0.25) is 0 Å². The van der Waals surface area contributed by atoms with Crippen LogP contribution in [0.4, 0.5) is 11.4 Å². The molecule has 2 aromatic rings. The number of benzene rings is 2. The van der Waals surface area contributed by atoms with Crippen molar-refractivity contribution < 1.29 is 14.5 Å². The molecule has 0 fully saturated rings. The van der Waals surface area contributed by atoms with Crippen molar-refractivity contribution in [3.8, 4) is 0 Å². The van der Waals surface area contributed by atoms with Crippen LogP contribution in [-0.2, 0) is 0 Å². The van der Waals surface area contributed by atoms with Gasteiger partial charge in [-0.05, 0) is 18.2 Å². The van der Waals surface area contributed by atoms with Crippen molar-refractivity contribution in [1.82, 2.24) is 0 Å². The average molecular weight is 440 g/mol. The predicted molar refractivity (Wildman–Crippen MR) is 91.3 cm³/mol. The minimum absolute atomic E-state index is 0.121. The first-order valence-corrected chi connectivity index (χ1v) is 8.29. The lowest BCUT2D eigenvalue weighted by atomic mass is 10.1. The highest BCUT2D eigenvalue weighted by Gasteiger charge is 2.38. The normalized spacial score (nSPS) is 13.6. The van der Waals surface area contributed by atoms with E-state index in [1.165, 1.54) is 18.2 Å². The van der Waals surface area contributed by atoms with Crippen molar-refractivity contribution in [1.29, 1.82) is 0 Å². The fraction of sp³-hybridized carbons (Fsp3) is 0.0667. The monoisotopic (exact) mass is 438 g/mol.